The fourth-order valence-electron chi connectivity index (χ4n) is 3.45. The molecule has 0 radical (unpaired) electrons. The summed E-state index contributed by atoms with van der Waals surface area (Å²) < 4.78 is 41.5. The monoisotopic (exact) mass is 504 g/mol. The first-order valence-corrected chi connectivity index (χ1v) is 11.5. The van der Waals surface area contributed by atoms with E-state index in [2.05, 4.69) is 10.3 Å². The van der Waals surface area contributed by atoms with E-state index in [1.165, 1.54) is 24.9 Å². The summed E-state index contributed by atoms with van der Waals surface area (Å²) in [6, 6.07) is 2.24. The van der Waals surface area contributed by atoms with Gasteiger partial charge >= 0.3 is 5.69 Å². The van der Waals surface area contributed by atoms with Crippen molar-refractivity contribution in [2.24, 2.45) is 20.0 Å². The maximum Gasteiger partial charge on any atom is 0.333 e. The molecule has 1 aromatic carbocycles. The van der Waals surface area contributed by atoms with Gasteiger partial charge in [0, 0.05) is 30.6 Å². The zero-order valence-electron chi connectivity index (χ0n) is 19.3. The minimum atomic E-state index is -0.845. The quantitative estimate of drug-likeness (QED) is 0.413. The molecule has 1 N–H and O–H groups in total. The Bertz CT molecular complexity index is 1530. The van der Waals surface area contributed by atoms with E-state index in [1.807, 2.05) is 13.8 Å². The molecule has 4 rings (SSSR count). The molecule has 0 spiro atoms. The second-order valence-electron chi connectivity index (χ2n) is 8.38. The van der Waals surface area contributed by atoms with Gasteiger partial charge in [-0.2, -0.15) is 0 Å². The number of amides is 1. The molecule has 0 atom stereocenters. The second-order valence-corrected chi connectivity index (χ2v) is 9.24. The van der Waals surface area contributed by atoms with E-state index in [-0.39, 0.29) is 46.4 Å². The van der Waals surface area contributed by atoms with Gasteiger partial charge in [-0.15, -0.1) is 11.3 Å². The lowest BCUT2D eigenvalue weighted by Crippen LogP contribution is -2.36. The van der Waals surface area contributed by atoms with Gasteiger partial charge in [0.05, 0.1) is 25.0 Å². The number of aryl methyl sites for hydroxylation is 1. The number of thiazole rings is 1. The minimum absolute atomic E-state index is 0.0716. The lowest BCUT2D eigenvalue weighted by atomic mass is 10.1. The van der Waals surface area contributed by atoms with Gasteiger partial charge in [0.25, 0.3) is 5.56 Å². The van der Waals surface area contributed by atoms with Crippen LogP contribution < -0.4 is 21.3 Å². The van der Waals surface area contributed by atoms with E-state index >= 15 is 0 Å². The average Bonchev–Trinajstić information content (AvgIpc) is 3.42. The van der Waals surface area contributed by atoms with Gasteiger partial charge in [-0.05, 0) is 18.1 Å². The van der Waals surface area contributed by atoms with Crippen molar-refractivity contribution >= 4 is 33.5 Å². The number of anilines is 1. The van der Waals surface area contributed by atoms with Gasteiger partial charge in [0.15, 0.2) is 22.5 Å². The maximum atomic E-state index is 14.4. The standard InChI is InChI=1S/C23H22F2N4O5S/c1-11(2)8-33-19-14(24)5-12(6-15(19)25)16-10-35-22(26-16)27-17(30)7-13-9-34-21-18(13)20(31)28(3)23(32)29(21)4/h5-6,9-11H,7-8H2,1-4H3,(H,26,27,30). The molecule has 3 heterocycles. The van der Waals surface area contributed by atoms with E-state index in [9.17, 15) is 23.2 Å². The number of nitrogens with zero attached hydrogens (tertiary/aromatic N) is 3. The van der Waals surface area contributed by atoms with E-state index in [4.69, 9.17) is 9.15 Å². The Morgan fingerprint density at radius 2 is 1.89 bits per heavy atom. The third-order valence-corrected chi connectivity index (χ3v) is 5.96. The highest BCUT2D eigenvalue weighted by Gasteiger charge is 2.20. The van der Waals surface area contributed by atoms with Crippen molar-refractivity contribution in [2.45, 2.75) is 20.3 Å². The summed E-state index contributed by atoms with van der Waals surface area (Å²) in [5, 5.41) is 4.50. The Morgan fingerprint density at radius 1 is 1.20 bits per heavy atom. The number of fused-ring (bicyclic) bond motifs is 1. The van der Waals surface area contributed by atoms with Crippen LogP contribution in [0.5, 0.6) is 5.75 Å². The molecular formula is C23H22F2N4O5S. The predicted molar refractivity (Wildman–Crippen MR) is 127 cm³/mol. The summed E-state index contributed by atoms with van der Waals surface area (Å²) in [6.45, 7) is 3.91. The van der Waals surface area contributed by atoms with Crippen LogP contribution in [0.3, 0.4) is 0 Å². The van der Waals surface area contributed by atoms with E-state index in [0.717, 1.165) is 28.0 Å². The molecule has 1 amide bonds. The van der Waals surface area contributed by atoms with Crippen LogP contribution in [0.25, 0.3) is 22.4 Å². The van der Waals surface area contributed by atoms with Crippen molar-refractivity contribution in [3.8, 4) is 17.0 Å². The number of hydrogen-bond donors (Lipinski definition) is 1. The zero-order chi connectivity index (χ0) is 25.4. The molecule has 35 heavy (non-hydrogen) atoms. The fourth-order valence-corrected chi connectivity index (χ4v) is 4.19. The van der Waals surface area contributed by atoms with Crippen LogP contribution in [-0.2, 0) is 25.3 Å². The van der Waals surface area contributed by atoms with Gasteiger partial charge in [-0.3, -0.25) is 18.7 Å². The van der Waals surface area contributed by atoms with Gasteiger partial charge in [-0.25, -0.2) is 18.6 Å². The van der Waals surface area contributed by atoms with Crippen molar-refractivity contribution in [3.63, 3.8) is 0 Å². The van der Waals surface area contributed by atoms with Crippen molar-refractivity contribution < 1.29 is 22.7 Å². The molecule has 0 aliphatic rings. The molecule has 3 aromatic heterocycles. The van der Waals surface area contributed by atoms with Gasteiger partial charge in [0.1, 0.15) is 5.39 Å². The van der Waals surface area contributed by atoms with E-state index < -0.39 is 34.5 Å². The summed E-state index contributed by atoms with van der Waals surface area (Å²) in [5.41, 5.74) is -0.263. The van der Waals surface area contributed by atoms with E-state index in [0.29, 0.717) is 5.56 Å². The Balaban J connectivity index is 1.52. The van der Waals surface area contributed by atoms with Crippen LogP contribution in [0.1, 0.15) is 19.4 Å². The van der Waals surface area contributed by atoms with Crippen LogP contribution in [0.4, 0.5) is 13.9 Å². The molecular weight excluding hydrogens is 482 g/mol. The number of nitrogens with one attached hydrogen (secondary N) is 1. The molecule has 0 saturated carbocycles. The minimum Gasteiger partial charge on any atom is -0.487 e. The van der Waals surface area contributed by atoms with Crippen molar-refractivity contribution in [2.75, 3.05) is 11.9 Å². The normalized spacial score (nSPS) is 11.4. The van der Waals surface area contributed by atoms with Crippen molar-refractivity contribution in [3.05, 3.63) is 61.8 Å². The number of hydrogen-bond acceptors (Lipinski definition) is 7. The first-order valence-electron chi connectivity index (χ1n) is 10.6. The van der Waals surface area contributed by atoms with Gasteiger partial charge < -0.3 is 14.5 Å². The number of halogens is 2. The summed E-state index contributed by atoms with van der Waals surface area (Å²) in [5.74, 6) is -2.52. The molecule has 0 unspecified atom stereocenters. The summed E-state index contributed by atoms with van der Waals surface area (Å²) in [7, 11) is 2.80. The molecule has 12 heteroatoms. The first-order chi connectivity index (χ1) is 16.6. The SMILES string of the molecule is CC(C)COc1c(F)cc(-c2csc(NC(=O)Cc3coc4c3c(=O)n(C)c(=O)n4C)n2)cc1F. The maximum absolute atomic E-state index is 14.4. The Morgan fingerprint density at radius 3 is 2.54 bits per heavy atom. The smallest absolute Gasteiger partial charge is 0.333 e. The van der Waals surface area contributed by atoms with Crippen LogP contribution in [-0.4, -0.2) is 26.6 Å². The number of aromatic nitrogens is 3. The lowest BCUT2D eigenvalue weighted by Gasteiger charge is -2.11. The van der Waals surface area contributed by atoms with Crippen LogP contribution in [0, 0.1) is 17.6 Å². The Kier molecular flexibility index (Phi) is 6.57. The first kappa shape index (κ1) is 24.3. The fraction of sp³-hybridized carbons (Fsp3) is 0.304. The largest absolute Gasteiger partial charge is 0.487 e. The lowest BCUT2D eigenvalue weighted by molar-refractivity contribution is -0.115. The van der Waals surface area contributed by atoms with Gasteiger partial charge in [0.2, 0.25) is 11.6 Å². The molecule has 0 saturated heterocycles. The molecule has 4 aromatic rings. The highest BCUT2D eigenvalue weighted by atomic mass is 32.1. The summed E-state index contributed by atoms with van der Waals surface area (Å²) >= 11 is 1.08. The third-order valence-electron chi connectivity index (χ3n) is 5.20. The number of ether oxygens (including phenoxy) is 1. The third kappa shape index (κ3) is 4.74. The Hall–Kier alpha value is -3.80. The van der Waals surface area contributed by atoms with Crippen LogP contribution >= 0.6 is 11.3 Å². The van der Waals surface area contributed by atoms with E-state index in [1.54, 1.807) is 5.38 Å². The van der Waals surface area contributed by atoms with Crippen molar-refractivity contribution in [1.29, 1.82) is 0 Å². The molecule has 184 valence electrons. The summed E-state index contributed by atoms with van der Waals surface area (Å²) in [4.78, 5) is 41.4. The number of carbonyl (C=O) groups excluding carboxylic acids is 1. The topological polar surface area (TPSA) is 108 Å². The number of carbonyl (C=O) groups is 1. The molecule has 9 nitrogen and oxygen atoms in total. The number of furan rings is 1. The average molecular weight is 505 g/mol. The van der Waals surface area contributed by atoms with Crippen LogP contribution in [0.2, 0.25) is 0 Å². The molecule has 0 fully saturated rings. The highest BCUT2D eigenvalue weighted by Crippen LogP contribution is 2.31. The number of benzene rings is 1. The molecule has 0 bridgehead atoms. The van der Waals surface area contributed by atoms with Gasteiger partial charge in [-0.1, -0.05) is 13.8 Å². The van der Waals surface area contributed by atoms with Crippen LogP contribution in [0.15, 0.2) is 37.8 Å². The zero-order valence-corrected chi connectivity index (χ0v) is 20.2. The second kappa shape index (κ2) is 9.45. The van der Waals surface area contributed by atoms with Crippen molar-refractivity contribution in [1.82, 2.24) is 14.1 Å². The molecule has 0 aliphatic heterocycles. The summed E-state index contributed by atoms with van der Waals surface area (Å²) in [6.07, 6.45) is 1.05. The highest BCUT2D eigenvalue weighted by molar-refractivity contribution is 7.14. The Labute approximate surface area is 201 Å². The molecule has 0 aliphatic carbocycles. The predicted octanol–water partition coefficient (Wildman–Crippen LogP) is 3.45. The number of rotatable bonds is 7.